The summed E-state index contributed by atoms with van der Waals surface area (Å²) in [5.74, 6) is 1.05. The van der Waals surface area contributed by atoms with Gasteiger partial charge >= 0.3 is 0 Å². The van der Waals surface area contributed by atoms with Crippen molar-refractivity contribution in [3.63, 3.8) is 0 Å². The van der Waals surface area contributed by atoms with E-state index in [2.05, 4.69) is 56.2 Å². The van der Waals surface area contributed by atoms with Gasteiger partial charge in [-0.3, -0.25) is 0 Å². The van der Waals surface area contributed by atoms with Crippen LogP contribution in [0.15, 0.2) is 42.5 Å². The Morgan fingerprint density at radius 2 is 1.96 bits per heavy atom. The molecule has 0 amide bonds. The Kier molecular flexibility index (Phi) is 5.70. The quantitative estimate of drug-likeness (QED) is 0.678. The van der Waals surface area contributed by atoms with Gasteiger partial charge in [0, 0.05) is 0 Å². The minimum atomic E-state index is 0.280. The Labute approximate surface area is 166 Å². The van der Waals surface area contributed by atoms with Crippen LogP contribution in [0.25, 0.3) is 0 Å². The minimum absolute atomic E-state index is 0.280. The van der Waals surface area contributed by atoms with Crippen molar-refractivity contribution < 1.29 is 4.74 Å². The molecule has 2 aromatic carbocycles. The van der Waals surface area contributed by atoms with Crippen molar-refractivity contribution in [3.8, 4) is 11.9 Å². The molecule has 0 aliphatic carbocycles. The zero-order valence-corrected chi connectivity index (χ0v) is 16.9. The molecular weight excluding hydrogens is 348 g/mol. The lowest BCUT2D eigenvalue weighted by Crippen LogP contribution is -2.06. The van der Waals surface area contributed by atoms with Crippen LogP contribution in [0, 0.1) is 25.2 Å². The molecule has 0 unspecified atom stereocenters. The molecule has 0 atom stereocenters. The minimum Gasteiger partial charge on any atom is -0.471 e. The lowest BCUT2D eigenvalue weighted by Gasteiger charge is -2.11. The number of rotatable bonds is 6. The maximum absolute atomic E-state index is 9.53. The first kappa shape index (κ1) is 19.5. The Balaban J connectivity index is 1.83. The van der Waals surface area contributed by atoms with E-state index < -0.39 is 0 Å². The third-order valence-electron chi connectivity index (χ3n) is 4.89. The van der Waals surface area contributed by atoms with Crippen molar-refractivity contribution in [2.75, 3.05) is 5.73 Å². The fourth-order valence-electron chi connectivity index (χ4n) is 3.11. The zero-order valence-electron chi connectivity index (χ0n) is 16.9. The smallest absolute Gasteiger partial charge is 0.253 e. The first-order chi connectivity index (χ1) is 13.4. The van der Waals surface area contributed by atoms with Crippen molar-refractivity contribution in [2.45, 2.75) is 46.8 Å². The number of nitrogen functional groups attached to an aromatic ring is 1. The molecule has 28 heavy (non-hydrogen) atoms. The van der Waals surface area contributed by atoms with Gasteiger partial charge in [0.05, 0.1) is 6.54 Å². The number of nitriles is 1. The van der Waals surface area contributed by atoms with E-state index in [4.69, 9.17) is 10.5 Å². The molecule has 0 saturated carbocycles. The van der Waals surface area contributed by atoms with Crippen molar-refractivity contribution in [1.82, 2.24) is 9.78 Å². The summed E-state index contributed by atoms with van der Waals surface area (Å²) in [6, 6.07) is 16.7. The number of nitrogens with two attached hydrogens (primary N) is 1. The number of benzene rings is 2. The summed E-state index contributed by atoms with van der Waals surface area (Å²) in [6.07, 6.45) is 0. The Morgan fingerprint density at radius 1 is 1.18 bits per heavy atom. The normalized spacial score (nSPS) is 10.9. The van der Waals surface area contributed by atoms with Gasteiger partial charge < -0.3 is 10.5 Å². The average molecular weight is 374 g/mol. The van der Waals surface area contributed by atoms with Gasteiger partial charge in [0.15, 0.2) is 5.56 Å². The second-order valence-corrected chi connectivity index (χ2v) is 7.45. The highest BCUT2D eigenvalue weighted by Gasteiger charge is 2.17. The molecule has 5 heteroatoms. The molecule has 2 N–H and O–H groups in total. The fraction of sp³-hybridized carbons (Fsp3) is 0.304. The van der Waals surface area contributed by atoms with Gasteiger partial charge in [-0.25, -0.2) is 4.68 Å². The number of ether oxygens (including phenoxy) is 1. The van der Waals surface area contributed by atoms with E-state index in [1.807, 2.05) is 25.1 Å². The van der Waals surface area contributed by atoms with Crippen LogP contribution in [-0.2, 0) is 13.2 Å². The SMILES string of the molecule is Cc1cccc(Cn2nc(OCc3cc(C(C)C)ccc3C)c(C#N)c2N)c1. The summed E-state index contributed by atoms with van der Waals surface area (Å²) in [4.78, 5) is 0. The first-order valence-corrected chi connectivity index (χ1v) is 9.43. The molecule has 0 bridgehead atoms. The lowest BCUT2D eigenvalue weighted by atomic mass is 9.98. The summed E-state index contributed by atoms with van der Waals surface area (Å²) < 4.78 is 7.54. The number of hydrogen-bond acceptors (Lipinski definition) is 4. The number of aromatic nitrogens is 2. The van der Waals surface area contributed by atoms with Crippen LogP contribution in [0.5, 0.6) is 5.88 Å². The first-order valence-electron chi connectivity index (χ1n) is 9.43. The van der Waals surface area contributed by atoms with Gasteiger partial charge in [-0.15, -0.1) is 5.10 Å². The van der Waals surface area contributed by atoms with E-state index in [0.29, 0.717) is 24.9 Å². The van der Waals surface area contributed by atoms with E-state index in [0.717, 1.165) is 16.7 Å². The molecule has 0 aliphatic heterocycles. The van der Waals surface area contributed by atoms with Gasteiger partial charge in [0.25, 0.3) is 5.88 Å². The average Bonchev–Trinajstić information content (AvgIpc) is 2.95. The summed E-state index contributed by atoms with van der Waals surface area (Å²) in [7, 11) is 0. The van der Waals surface area contributed by atoms with Gasteiger partial charge in [-0.1, -0.05) is 61.9 Å². The molecular formula is C23H26N4O. The molecule has 144 valence electrons. The predicted octanol–water partition coefficient (Wildman–Crippen LogP) is 4.70. The van der Waals surface area contributed by atoms with Crippen LogP contribution in [-0.4, -0.2) is 9.78 Å². The highest BCUT2D eigenvalue weighted by atomic mass is 16.5. The molecule has 0 saturated heterocycles. The number of anilines is 1. The Morgan fingerprint density at radius 3 is 2.64 bits per heavy atom. The number of aryl methyl sites for hydroxylation is 2. The third-order valence-corrected chi connectivity index (χ3v) is 4.89. The van der Waals surface area contributed by atoms with Crippen LogP contribution >= 0.6 is 0 Å². The van der Waals surface area contributed by atoms with Gasteiger partial charge in [0.2, 0.25) is 0 Å². The van der Waals surface area contributed by atoms with E-state index in [1.165, 1.54) is 11.1 Å². The van der Waals surface area contributed by atoms with E-state index in [1.54, 1.807) is 4.68 Å². The van der Waals surface area contributed by atoms with Crippen molar-refractivity contribution in [3.05, 3.63) is 75.8 Å². The molecule has 1 aromatic heterocycles. The molecule has 3 aromatic rings. The lowest BCUT2D eigenvalue weighted by molar-refractivity contribution is 0.288. The second-order valence-electron chi connectivity index (χ2n) is 7.45. The zero-order chi connectivity index (χ0) is 20.3. The summed E-state index contributed by atoms with van der Waals surface area (Å²) >= 11 is 0. The summed E-state index contributed by atoms with van der Waals surface area (Å²) in [6.45, 7) is 9.26. The molecule has 1 heterocycles. The van der Waals surface area contributed by atoms with Crippen molar-refractivity contribution in [2.24, 2.45) is 0 Å². The van der Waals surface area contributed by atoms with Crippen LogP contribution in [0.3, 0.4) is 0 Å². The maximum atomic E-state index is 9.53. The Bertz CT molecular complexity index is 1030. The molecule has 0 spiro atoms. The van der Waals surface area contributed by atoms with Gasteiger partial charge in [0.1, 0.15) is 18.5 Å². The molecule has 5 nitrogen and oxygen atoms in total. The highest BCUT2D eigenvalue weighted by Crippen LogP contribution is 2.26. The standard InChI is InChI=1S/C23H26N4O/c1-15(2)19-9-8-17(4)20(11-19)14-28-23-21(12-24)22(25)27(26-23)13-18-7-5-6-16(3)10-18/h5-11,15H,13-14,25H2,1-4H3. The van der Waals surface area contributed by atoms with E-state index in [9.17, 15) is 5.26 Å². The van der Waals surface area contributed by atoms with Crippen molar-refractivity contribution >= 4 is 5.82 Å². The van der Waals surface area contributed by atoms with Crippen LogP contribution in [0.4, 0.5) is 5.82 Å². The third kappa shape index (κ3) is 4.17. The van der Waals surface area contributed by atoms with E-state index >= 15 is 0 Å². The Hall–Kier alpha value is -3.26. The van der Waals surface area contributed by atoms with Crippen molar-refractivity contribution in [1.29, 1.82) is 5.26 Å². The largest absolute Gasteiger partial charge is 0.471 e. The van der Waals surface area contributed by atoms with Crippen LogP contribution in [0.1, 0.15) is 53.1 Å². The molecule has 3 rings (SSSR count). The highest BCUT2D eigenvalue weighted by molar-refractivity contribution is 5.55. The second kappa shape index (κ2) is 8.18. The number of hydrogen-bond donors (Lipinski definition) is 1. The monoisotopic (exact) mass is 374 g/mol. The van der Waals surface area contributed by atoms with Crippen LogP contribution < -0.4 is 10.5 Å². The molecule has 0 radical (unpaired) electrons. The van der Waals surface area contributed by atoms with Gasteiger partial charge in [-0.2, -0.15) is 5.26 Å². The topological polar surface area (TPSA) is 76.9 Å². The van der Waals surface area contributed by atoms with E-state index in [-0.39, 0.29) is 11.4 Å². The van der Waals surface area contributed by atoms with Gasteiger partial charge in [-0.05, 0) is 42.0 Å². The van der Waals surface area contributed by atoms with Crippen LogP contribution in [0.2, 0.25) is 0 Å². The maximum Gasteiger partial charge on any atom is 0.253 e. The molecule has 0 fully saturated rings. The fourth-order valence-corrected chi connectivity index (χ4v) is 3.11. The summed E-state index contributed by atoms with van der Waals surface area (Å²) in [5.41, 5.74) is 12.2. The summed E-state index contributed by atoms with van der Waals surface area (Å²) in [5, 5.41) is 14.0. The predicted molar refractivity (Wildman–Crippen MR) is 111 cm³/mol. The number of nitrogens with zero attached hydrogens (tertiary/aromatic N) is 3. The molecule has 0 aliphatic rings.